The normalized spacial score (nSPS) is 17.6. The zero-order valence-electron chi connectivity index (χ0n) is 14.0. The molecule has 1 amide bonds. The zero-order valence-corrected chi connectivity index (χ0v) is 14.0. The number of carbonyl (C=O) groups excluding carboxylic acids is 1. The third-order valence-electron chi connectivity index (χ3n) is 4.36. The smallest absolute Gasteiger partial charge is 0.290 e. The molecule has 1 aliphatic rings. The van der Waals surface area contributed by atoms with E-state index in [0.29, 0.717) is 30.6 Å². The molecule has 0 bridgehead atoms. The van der Waals surface area contributed by atoms with Crippen molar-refractivity contribution < 1.29 is 13.7 Å². The highest BCUT2D eigenvalue weighted by Gasteiger charge is 2.32. The molecule has 1 fully saturated rings. The molecule has 1 aliphatic heterocycles. The molecule has 0 unspecified atom stereocenters. The Bertz CT molecular complexity index is 891. The van der Waals surface area contributed by atoms with Gasteiger partial charge in [-0.15, -0.1) is 10.2 Å². The fourth-order valence-electron chi connectivity index (χ4n) is 3.13. The van der Waals surface area contributed by atoms with Crippen LogP contribution in [0.25, 0.3) is 0 Å². The van der Waals surface area contributed by atoms with Crippen molar-refractivity contribution in [2.75, 3.05) is 6.54 Å². The molecule has 26 heavy (non-hydrogen) atoms. The summed E-state index contributed by atoms with van der Waals surface area (Å²) in [6.45, 7) is 1.33. The van der Waals surface area contributed by atoms with E-state index >= 15 is 0 Å². The fraction of sp³-hybridized carbons (Fsp3) is 0.353. The number of primary amides is 1. The summed E-state index contributed by atoms with van der Waals surface area (Å²) in [4.78, 5) is 17.4. The van der Waals surface area contributed by atoms with Crippen molar-refractivity contribution in [2.24, 2.45) is 5.73 Å². The standard InChI is InChI=1S/C17H18N6O3/c18-15(24)16-19-17(26-22-16)12-7-4-8-23(12)10-14-21-20-13(25-14)9-11-5-2-1-3-6-11/h1-3,5-6,12H,4,7-10H2,(H2,18,24)/t12-/m0/s1. The van der Waals surface area contributed by atoms with Crippen molar-refractivity contribution >= 4 is 5.91 Å². The second-order valence-electron chi connectivity index (χ2n) is 6.20. The third kappa shape index (κ3) is 3.47. The monoisotopic (exact) mass is 354 g/mol. The van der Waals surface area contributed by atoms with Gasteiger partial charge in [0.15, 0.2) is 0 Å². The molecule has 2 N–H and O–H groups in total. The second kappa shape index (κ2) is 7.04. The molecule has 1 aromatic carbocycles. The van der Waals surface area contributed by atoms with Crippen LogP contribution in [0.2, 0.25) is 0 Å². The van der Waals surface area contributed by atoms with Crippen LogP contribution in [0.3, 0.4) is 0 Å². The minimum absolute atomic E-state index is 0.0833. The van der Waals surface area contributed by atoms with Crippen LogP contribution >= 0.6 is 0 Å². The molecule has 4 rings (SSSR count). The number of hydrogen-bond donors (Lipinski definition) is 1. The number of amides is 1. The molecular weight excluding hydrogens is 336 g/mol. The third-order valence-corrected chi connectivity index (χ3v) is 4.36. The summed E-state index contributed by atoms with van der Waals surface area (Å²) in [5, 5.41) is 11.9. The number of carbonyl (C=O) groups is 1. The molecule has 0 spiro atoms. The van der Waals surface area contributed by atoms with Gasteiger partial charge in [0.05, 0.1) is 19.0 Å². The summed E-state index contributed by atoms with van der Waals surface area (Å²) in [6.07, 6.45) is 2.43. The molecule has 134 valence electrons. The van der Waals surface area contributed by atoms with Gasteiger partial charge in [-0.25, -0.2) is 0 Å². The molecule has 1 saturated heterocycles. The molecule has 9 nitrogen and oxygen atoms in total. The number of hydrogen-bond acceptors (Lipinski definition) is 8. The lowest BCUT2D eigenvalue weighted by Gasteiger charge is -2.19. The first kappa shape index (κ1) is 16.4. The molecule has 1 atom stereocenters. The van der Waals surface area contributed by atoms with Crippen molar-refractivity contribution in [3.8, 4) is 0 Å². The Morgan fingerprint density at radius 3 is 2.81 bits per heavy atom. The highest BCUT2D eigenvalue weighted by Crippen LogP contribution is 2.32. The van der Waals surface area contributed by atoms with Crippen molar-refractivity contribution in [2.45, 2.75) is 31.8 Å². The summed E-state index contributed by atoms with van der Waals surface area (Å²) < 4.78 is 11.0. The van der Waals surface area contributed by atoms with Crippen LogP contribution in [0, 0.1) is 0 Å². The molecular formula is C17H18N6O3. The quantitative estimate of drug-likeness (QED) is 0.706. The van der Waals surface area contributed by atoms with Crippen LogP contribution < -0.4 is 5.73 Å². The van der Waals surface area contributed by atoms with Gasteiger partial charge in [-0.05, 0) is 24.9 Å². The molecule has 3 aromatic rings. The van der Waals surface area contributed by atoms with Crippen LogP contribution in [0.5, 0.6) is 0 Å². The highest BCUT2D eigenvalue weighted by molar-refractivity contribution is 5.88. The van der Waals surface area contributed by atoms with Gasteiger partial charge >= 0.3 is 0 Å². The van der Waals surface area contributed by atoms with Crippen LogP contribution in [-0.2, 0) is 13.0 Å². The van der Waals surface area contributed by atoms with Gasteiger partial charge in [0, 0.05) is 0 Å². The number of benzene rings is 1. The van der Waals surface area contributed by atoms with Gasteiger partial charge in [0.25, 0.3) is 11.7 Å². The van der Waals surface area contributed by atoms with Gasteiger partial charge in [-0.2, -0.15) is 4.98 Å². The maximum atomic E-state index is 11.1. The lowest BCUT2D eigenvalue weighted by atomic mass is 10.2. The number of rotatable bonds is 6. The van der Waals surface area contributed by atoms with E-state index in [1.165, 1.54) is 0 Å². The van der Waals surface area contributed by atoms with E-state index in [-0.39, 0.29) is 11.9 Å². The minimum atomic E-state index is -0.702. The fourth-order valence-corrected chi connectivity index (χ4v) is 3.13. The van der Waals surface area contributed by atoms with Crippen molar-refractivity contribution in [1.29, 1.82) is 0 Å². The van der Waals surface area contributed by atoms with E-state index < -0.39 is 5.91 Å². The predicted molar refractivity (Wildman–Crippen MR) is 88.7 cm³/mol. The molecule has 0 saturated carbocycles. The topological polar surface area (TPSA) is 124 Å². The summed E-state index contributed by atoms with van der Waals surface area (Å²) in [5.74, 6) is 0.704. The number of aromatic nitrogens is 4. The minimum Gasteiger partial charge on any atom is -0.424 e. The van der Waals surface area contributed by atoms with Crippen molar-refractivity contribution in [3.05, 3.63) is 59.4 Å². The van der Waals surface area contributed by atoms with Crippen LogP contribution in [0.15, 0.2) is 39.3 Å². The maximum absolute atomic E-state index is 11.1. The predicted octanol–water partition coefficient (Wildman–Crippen LogP) is 1.48. The summed E-state index contributed by atoms with van der Waals surface area (Å²) in [7, 11) is 0. The summed E-state index contributed by atoms with van der Waals surface area (Å²) in [5.41, 5.74) is 6.30. The first-order chi connectivity index (χ1) is 12.7. The Balaban J connectivity index is 1.43. The molecule has 0 aliphatic carbocycles. The van der Waals surface area contributed by atoms with Crippen molar-refractivity contribution in [3.63, 3.8) is 0 Å². The van der Waals surface area contributed by atoms with Gasteiger partial charge < -0.3 is 14.7 Å². The average Bonchev–Trinajstić information content (AvgIpc) is 3.37. The average molecular weight is 354 g/mol. The van der Waals surface area contributed by atoms with E-state index in [9.17, 15) is 4.79 Å². The second-order valence-corrected chi connectivity index (χ2v) is 6.20. The lowest BCUT2D eigenvalue weighted by molar-refractivity contribution is 0.0987. The Kier molecular flexibility index (Phi) is 4.44. The molecule has 0 radical (unpaired) electrons. The number of nitrogens with zero attached hydrogens (tertiary/aromatic N) is 5. The van der Waals surface area contributed by atoms with Crippen LogP contribution in [-0.4, -0.2) is 37.7 Å². The SMILES string of the molecule is NC(=O)c1noc([C@@H]2CCCN2Cc2nnc(Cc3ccccc3)o2)n1. The maximum Gasteiger partial charge on any atom is 0.290 e. The first-order valence-corrected chi connectivity index (χ1v) is 8.41. The van der Waals surface area contributed by atoms with Crippen molar-refractivity contribution in [1.82, 2.24) is 25.2 Å². The van der Waals surface area contributed by atoms with E-state index in [0.717, 1.165) is 24.9 Å². The van der Waals surface area contributed by atoms with Crippen LogP contribution in [0.1, 0.15) is 52.7 Å². The molecule has 2 aromatic heterocycles. The Morgan fingerprint density at radius 2 is 2.04 bits per heavy atom. The Morgan fingerprint density at radius 1 is 1.23 bits per heavy atom. The van der Waals surface area contributed by atoms with Crippen LogP contribution in [0.4, 0.5) is 0 Å². The summed E-state index contributed by atoms with van der Waals surface area (Å²) >= 11 is 0. The van der Waals surface area contributed by atoms with E-state index in [2.05, 4.69) is 25.2 Å². The number of likely N-dealkylation sites (tertiary alicyclic amines) is 1. The summed E-state index contributed by atoms with van der Waals surface area (Å²) in [6, 6.07) is 9.88. The zero-order chi connectivity index (χ0) is 17.9. The van der Waals surface area contributed by atoms with E-state index in [1.807, 2.05) is 30.3 Å². The Labute approximate surface area is 149 Å². The number of nitrogens with two attached hydrogens (primary N) is 1. The van der Waals surface area contributed by atoms with Gasteiger partial charge in [0.1, 0.15) is 0 Å². The Hall–Kier alpha value is -3.07. The van der Waals surface area contributed by atoms with E-state index in [4.69, 9.17) is 14.7 Å². The molecule has 9 heteroatoms. The molecule has 3 heterocycles. The van der Waals surface area contributed by atoms with E-state index in [1.54, 1.807) is 0 Å². The highest BCUT2D eigenvalue weighted by atomic mass is 16.5. The first-order valence-electron chi connectivity index (χ1n) is 8.41. The lowest BCUT2D eigenvalue weighted by Crippen LogP contribution is -2.23. The van der Waals surface area contributed by atoms with Gasteiger partial charge in [-0.3, -0.25) is 9.69 Å². The van der Waals surface area contributed by atoms with Gasteiger partial charge in [0.2, 0.25) is 17.7 Å². The van der Waals surface area contributed by atoms with Gasteiger partial charge in [-0.1, -0.05) is 35.5 Å². The largest absolute Gasteiger partial charge is 0.424 e.